The van der Waals surface area contributed by atoms with E-state index < -0.39 is 18.6 Å². The van der Waals surface area contributed by atoms with Crippen LogP contribution in [0.25, 0.3) is 0 Å². The Morgan fingerprint density at radius 2 is 1.91 bits per heavy atom. The Morgan fingerprint density at radius 1 is 1.22 bits per heavy atom. The van der Waals surface area contributed by atoms with E-state index in [0.717, 1.165) is 0 Å². The fourth-order valence-corrected chi connectivity index (χ4v) is 2.08. The van der Waals surface area contributed by atoms with Crippen LogP contribution in [0.3, 0.4) is 0 Å². The van der Waals surface area contributed by atoms with Gasteiger partial charge in [0.1, 0.15) is 5.75 Å². The summed E-state index contributed by atoms with van der Waals surface area (Å²) < 4.78 is 29.0. The van der Waals surface area contributed by atoms with Crippen LogP contribution < -0.4 is 10.1 Å². The second kappa shape index (κ2) is 7.69. The van der Waals surface area contributed by atoms with Crippen molar-refractivity contribution in [1.82, 2.24) is 0 Å². The molecule has 2 rings (SSSR count). The van der Waals surface area contributed by atoms with Crippen molar-refractivity contribution in [2.75, 3.05) is 5.32 Å². The number of carbonyl (C=O) groups excluding carboxylic acids is 1. The van der Waals surface area contributed by atoms with Crippen LogP contribution in [0.2, 0.25) is 0 Å². The van der Waals surface area contributed by atoms with Gasteiger partial charge >= 0.3 is 6.61 Å². The largest absolute Gasteiger partial charge is 0.434 e. The fraction of sp³-hybridized carbons (Fsp3) is 0.235. The van der Waals surface area contributed by atoms with Crippen LogP contribution in [-0.2, 0) is 4.79 Å². The maximum atomic E-state index is 12.3. The van der Waals surface area contributed by atoms with Crippen LogP contribution in [0, 0.1) is 6.92 Å². The molecule has 122 valence electrons. The summed E-state index contributed by atoms with van der Waals surface area (Å²) in [5.74, 6) is -0.422. The number of nitrogens with one attached hydrogen (secondary N) is 1. The highest BCUT2D eigenvalue weighted by Gasteiger charge is 2.14. The first-order valence-electron chi connectivity index (χ1n) is 7.04. The van der Waals surface area contributed by atoms with E-state index in [-0.39, 0.29) is 12.2 Å². The third-order valence-corrected chi connectivity index (χ3v) is 3.25. The lowest BCUT2D eigenvalue weighted by Crippen LogP contribution is -2.15. The molecule has 0 saturated carbocycles. The number of halogens is 2. The van der Waals surface area contributed by atoms with Crippen molar-refractivity contribution in [3.05, 3.63) is 59.7 Å². The zero-order valence-corrected chi connectivity index (χ0v) is 12.5. The van der Waals surface area contributed by atoms with Gasteiger partial charge in [0.15, 0.2) is 0 Å². The van der Waals surface area contributed by atoms with Crippen molar-refractivity contribution >= 4 is 11.6 Å². The van der Waals surface area contributed by atoms with Crippen molar-refractivity contribution in [3.8, 4) is 5.75 Å². The number of benzene rings is 2. The fourth-order valence-electron chi connectivity index (χ4n) is 2.08. The van der Waals surface area contributed by atoms with Crippen molar-refractivity contribution in [2.45, 2.75) is 26.1 Å². The van der Waals surface area contributed by atoms with Crippen molar-refractivity contribution in [3.63, 3.8) is 0 Å². The number of amides is 1. The maximum absolute atomic E-state index is 12.3. The molecule has 0 aliphatic heterocycles. The standard InChI is InChI=1S/C17H17F2NO3/c1-11-7-8-13(9-15(11)23-17(18)19)20-16(22)10-14(21)12-5-3-2-4-6-12/h2-9,14,17,21H,10H2,1H3,(H,20,22). The van der Waals surface area contributed by atoms with Gasteiger partial charge in [0.2, 0.25) is 5.91 Å². The van der Waals surface area contributed by atoms with Crippen LogP contribution in [0.1, 0.15) is 23.7 Å². The topological polar surface area (TPSA) is 58.6 Å². The van der Waals surface area contributed by atoms with E-state index in [9.17, 15) is 18.7 Å². The molecule has 4 nitrogen and oxygen atoms in total. The summed E-state index contributed by atoms with van der Waals surface area (Å²) in [6.07, 6.45) is -1.07. The number of aryl methyl sites for hydroxylation is 1. The summed E-state index contributed by atoms with van der Waals surface area (Å²) in [6.45, 7) is -1.30. The van der Waals surface area contributed by atoms with Crippen LogP contribution >= 0.6 is 0 Å². The molecule has 6 heteroatoms. The average Bonchev–Trinajstić information content (AvgIpc) is 2.51. The normalized spacial score (nSPS) is 12.0. The molecule has 1 amide bonds. The second-order valence-electron chi connectivity index (χ2n) is 5.04. The summed E-state index contributed by atoms with van der Waals surface area (Å²) in [4.78, 5) is 12.0. The molecule has 0 saturated heterocycles. The van der Waals surface area contributed by atoms with Gasteiger partial charge < -0.3 is 15.2 Å². The van der Waals surface area contributed by atoms with Gasteiger partial charge in [-0.05, 0) is 24.1 Å². The van der Waals surface area contributed by atoms with Gasteiger partial charge in [-0.15, -0.1) is 0 Å². The first kappa shape index (κ1) is 16.9. The molecule has 2 N–H and O–H groups in total. The number of hydrogen-bond donors (Lipinski definition) is 2. The Balaban J connectivity index is 2.00. The number of ether oxygens (including phenoxy) is 1. The van der Waals surface area contributed by atoms with Gasteiger partial charge in [0.25, 0.3) is 0 Å². The molecule has 0 bridgehead atoms. The minimum Gasteiger partial charge on any atom is -0.434 e. The number of carbonyl (C=O) groups is 1. The summed E-state index contributed by atoms with van der Waals surface area (Å²) >= 11 is 0. The van der Waals surface area contributed by atoms with E-state index in [0.29, 0.717) is 16.8 Å². The van der Waals surface area contributed by atoms with E-state index in [1.165, 1.54) is 6.07 Å². The van der Waals surface area contributed by atoms with Crippen LogP contribution in [0.15, 0.2) is 48.5 Å². The Hall–Kier alpha value is -2.47. The van der Waals surface area contributed by atoms with Gasteiger partial charge in [0, 0.05) is 11.8 Å². The molecule has 0 fully saturated rings. The number of rotatable bonds is 6. The van der Waals surface area contributed by atoms with E-state index in [4.69, 9.17) is 0 Å². The number of hydrogen-bond acceptors (Lipinski definition) is 3. The molecule has 1 unspecified atom stereocenters. The molecule has 2 aromatic carbocycles. The summed E-state index contributed by atoms with van der Waals surface area (Å²) in [6, 6.07) is 13.3. The minimum absolute atomic E-state index is 0.00130. The maximum Gasteiger partial charge on any atom is 0.387 e. The van der Waals surface area contributed by atoms with Gasteiger partial charge in [-0.3, -0.25) is 4.79 Å². The molecular weight excluding hydrogens is 304 g/mol. The van der Waals surface area contributed by atoms with E-state index >= 15 is 0 Å². The van der Waals surface area contributed by atoms with Gasteiger partial charge in [-0.2, -0.15) is 8.78 Å². The van der Waals surface area contributed by atoms with Crippen molar-refractivity contribution in [1.29, 1.82) is 0 Å². The minimum atomic E-state index is -2.93. The molecule has 2 aromatic rings. The Labute approximate surface area is 132 Å². The SMILES string of the molecule is Cc1ccc(NC(=O)CC(O)c2ccccc2)cc1OC(F)F. The molecule has 0 spiro atoms. The van der Waals surface area contributed by atoms with E-state index in [2.05, 4.69) is 10.1 Å². The highest BCUT2D eigenvalue weighted by Crippen LogP contribution is 2.25. The number of anilines is 1. The molecular formula is C17H17F2NO3. The molecule has 0 radical (unpaired) electrons. The zero-order chi connectivity index (χ0) is 16.8. The van der Waals surface area contributed by atoms with Crippen molar-refractivity contribution in [2.24, 2.45) is 0 Å². The predicted octanol–water partition coefficient (Wildman–Crippen LogP) is 3.66. The summed E-state index contributed by atoms with van der Waals surface area (Å²) in [5.41, 5.74) is 1.50. The Kier molecular flexibility index (Phi) is 5.65. The van der Waals surface area contributed by atoms with Gasteiger partial charge in [0.05, 0.1) is 12.5 Å². The van der Waals surface area contributed by atoms with Gasteiger partial charge in [-0.1, -0.05) is 36.4 Å². The Bertz CT molecular complexity index is 662. The van der Waals surface area contributed by atoms with Gasteiger partial charge in [-0.25, -0.2) is 0 Å². The molecule has 0 aliphatic carbocycles. The molecule has 0 aromatic heterocycles. The lowest BCUT2D eigenvalue weighted by Gasteiger charge is -2.13. The predicted molar refractivity (Wildman–Crippen MR) is 82.5 cm³/mol. The molecule has 23 heavy (non-hydrogen) atoms. The monoisotopic (exact) mass is 321 g/mol. The number of alkyl halides is 2. The first-order valence-corrected chi connectivity index (χ1v) is 7.04. The average molecular weight is 321 g/mol. The quantitative estimate of drug-likeness (QED) is 0.853. The number of aliphatic hydroxyl groups excluding tert-OH is 1. The lowest BCUT2D eigenvalue weighted by atomic mass is 10.1. The zero-order valence-electron chi connectivity index (χ0n) is 12.5. The Morgan fingerprint density at radius 3 is 2.57 bits per heavy atom. The summed E-state index contributed by atoms with van der Waals surface area (Å²) in [5, 5.41) is 12.6. The molecule has 1 atom stereocenters. The van der Waals surface area contributed by atoms with E-state index in [1.807, 2.05) is 6.07 Å². The lowest BCUT2D eigenvalue weighted by molar-refractivity contribution is -0.118. The van der Waals surface area contributed by atoms with Crippen LogP contribution in [0.4, 0.5) is 14.5 Å². The van der Waals surface area contributed by atoms with Crippen molar-refractivity contribution < 1.29 is 23.4 Å². The molecule has 0 aliphatic rings. The first-order chi connectivity index (χ1) is 11.0. The van der Waals surface area contributed by atoms with E-state index in [1.54, 1.807) is 43.3 Å². The highest BCUT2D eigenvalue weighted by atomic mass is 19.3. The molecule has 0 heterocycles. The van der Waals surface area contributed by atoms with Crippen LogP contribution in [-0.4, -0.2) is 17.6 Å². The van der Waals surface area contributed by atoms with Crippen LogP contribution in [0.5, 0.6) is 5.75 Å². The highest BCUT2D eigenvalue weighted by molar-refractivity contribution is 5.91. The third kappa shape index (κ3) is 5.03. The summed E-state index contributed by atoms with van der Waals surface area (Å²) in [7, 11) is 0. The number of aliphatic hydroxyl groups is 1. The smallest absolute Gasteiger partial charge is 0.387 e. The second-order valence-corrected chi connectivity index (χ2v) is 5.04. The third-order valence-electron chi connectivity index (χ3n) is 3.25.